The average molecular weight is 682 g/mol. The van der Waals surface area contributed by atoms with Crippen LogP contribution in [0.25, 0.3) is 93.0 Å². The molecule has 0 amide bonds. The molecular weight excluding hydrogens is 655 g/mol. The van der Waals surface area contributed by atoms with Crippen LogP contribution in [0.3, 0.4) is 0 Å². The van der Waals surface area contributed by atoms with Gasteiger partial charge in [0.05, 0.1) is 28.4 Å². The fraction of sp³-hybridized carbons (Fsp3) is 0. The van der Waals surface area contributed by atoms with Crippen LogP contribution in [0.15, 0.2) is 164 Å². The second-order valence-corrected chi connectivity index (χ2v) is 13.8. The van der Waals surface area contributed by atoms with Crippen molar-refractivity contribution in [3.8, 4) is 57.0 Å². The van der Waals surface area contributed by atoms with E-state index in [-0.39, 0.29) is 0 Å². The average Bonchev–Trinajstić information content (AvgIpc) is 3.77. The van der Waals surface area contributed by atoms with Crippen molar-refractivity contribution in [2.24, 2.45) is 0 Å². The van der Waals surface area contributed by atoms with Crippen LogP contribution >= 0.6 is 11.3 Å². The Morgan fingerprint density at radius 1 is 0.462 bits per heavy atom. The van der Waals surface area contributed by atoms with Gasteiger partial charge in [0.2, 0.25) is 0 Å². The minimum absolute atomic E-state index is 0.559. The highest BCUT2D eigenvalue weighted by molar-refractivity contribution is 7.26. The highest BCUT2D eigenvalue weighted by Crippen LogP contribution is 2.45. The molecule has 3 heterocycles. The van der Waals surface area contributed by atoms with E-state index in [4.69, 9.17) is 15.0 Å². The number of para-hydroxylation sites is 1. The van der Waals surface area contributed by atoms with Gasteiger partial charge in [0, 0.05) is 58.8 Å². The summed E-state index contributed by atoms with van der Waals surface area (Å²) in [5.41, 5.74) is 8.18. The Bertz CT molecular complexity index is 2970. The van der Waals surface area contributed by atoms with E-state index >= 15 is 0 Å². The van der Waals surface area contributed by atoms with Crippen molar-refractivity contribution in [2.45, 2.75) is 0 Å². The lowest BCUT2D eigenvalue weighted by Crippen LogP contribution is -2.02. The lowest BCUT2D eigenvalue weighted by molar-refractivity contribution is 1.07. The third-order valence-corrected chi connectivity index (χ3v) is 10.8. The molecule has 3 aromatic heterocycles. The molecule has 0 spiro atoms. The highest BCUT2D eigenvalue weighted by Gasteiger charge is 2.22. The predicted octanol–water partition coefficient (Wildman–Crippen LogP) is 11.9. The summed E-state index contributed by atoms with van der Waals surface area (Å²) in [4.78, 5) is 15.0. The summed E-state index contributed by atoms with van der Waals surface area (Å²) in [6.07, 6.45) is 0. The quantitative estimate of drug-likeness (QED) is 0.181. The summed E-state index contributed by atoms with van der Waals surface area (Å²) in [5, 5.41) is 15.3. The standard InChI is InChI=1S/C46H27N5S/c47-28-32-17-7-8-18-33(32)36-27-31(46-49-44(29-13-3-1-4-14-29)48-45(50-46)30-15-5-2-6-16-30)23-24-38(36)51-37-21-11-9-19-34(37)42-39(51)25-26-41-43(42)35-20-10-12-22-40(35)52-41/h1-27H. The zero-order valence-electron chi connectivity index (χ0n) is 27.7. The molecule has 0 saturated carbocycles. The van der Waals surface area contributed by atoms with Crippen LogP contribution in [-0.2, 0) is 0 Å². The number of nitriles is 1. The van der Waals surface area contributed by atoms with Crippen molar-refractivity contribution in [2.75, 3.05) is 0 Å². The Balaban J connectivity index is 1.27. The second-order valence-electron chi connectivity index (χ2n) is 12.7. The summed E-state index contributed by atoms with van der Waals surface area (Å²) < 4.78 is 4.89. The van der Waals surface area contributed by atoms with Gasteiger partial charge >= 0.3 is 0 Å². The normalized spacial score (nSPS) is 11.4. The van der Waals surface area contributed by atoms with E-state index in [1.807, 2.05) is 96.3 Å². The third kappa shape index (κ3) is 4.79. The largest absolute Gasteiger partial charge is 0.309 e. The number of nitrogens with zero attached hydrogens (tertiary/aromatic N) is 5. The van der Waals surface area contributed by atoms with Crippen LogP contribution in [0.2, 0.25) is 0 Å². The summed E-state index contributed by atoms with van der Waals surface area (Å²) in [6.45, 7) is 0. The van der Waals surface area contributed by atoms with E-state index in [9.17, 15) is 5.26 Å². The van der Waals surface area contributed by atoms with Crippen LogP contribution < -0.4 is 0 Å². The fourth-order valence-corrected chi connectivity index (χ4v) is 8.49. The Morgan fingerprint density at radius 3 is 1.81 bits per heavy atom. The molecule has 52 heavy (non-hydrogen) atoms. The van der Waals surface area contributed by atoms with Crippen molar-refractivity contribution >= 4 is 53.3 Å². The molecule has 0 fully saturated rings. The van der Waals surface area contributed by atoms with E-state index in [1.165, 1.54) is 30.9 Å². The van der Waals surface area contributed by atoms with Gasteiger partial charge in [0.25, 0.3) is 0 Å². The summed E-state index contributed by atoms with van der Waals surface area (Å²) in [7, 11) is 0. The molecule has 0 N–H and O–H groups in total. The SMILES string of the molecule is N#Cc1ccccc1-c1cc(-c2nc(-c3ccccc3)nc(-c3ccccc3)n2)ccc1-n1c2ccccc2c2c3c(ccc21)sc1ccccc13. The Morgan fingerprint density at radius 2 is 1.08 bits per heavy atom. The molecule has 0 atom stereocenters. The molecule has 242 valence electrons. The molecule has 10 rings (SSSR count). The summed E-state index contributed by atoms with van der Waals surface area (Å²) in [6, 6.07) is 58.4. The topological polar surface area (TPSA) is 67.4 Å². The first-order chi connectivity index (χ1) is 25.7. The smallest absolute Gasteiger partial charge is 0.164 e. The van der Waals surface area contributed by atoms with Crippen LogP contribution in [0.1, 0.15) is 5.56 Å². The predicted molar refractivity (Wildman–Crippen MR) is 214 cm³/mol. The maximum absolute atomic E-state index is 10.4. The van der Waals surface area contributed by atoms with Crippen LogP contribution in [0.4, 0.5) is 0 Å². The number of hydrogen-bond donors (Lipinski definition) is 0. The maximum Gasteiger partial charge on any atom is 0.164 e. The van der Waals surface area contributed by atoms with Gasteiger partial charge in [-0.25, -0.2) is 15.0 Å². The first kappa shape index (κ1) is 29.9. The Kier molecular flexibility index (Phi) is 6.98. The highest BCUT2D eigenvalue weighted by atomic mass is 32.1. The number of hydrogen-bond acceptors (Lipinski definition) is 5. The monoisotopic (exact) mass is 681 g/mol. The lowest BCUT2D eigenvalue weighted by Gasteiger charge is -2.17. The molecule has 0 aliphatic heterocycles. The molecule has 0 bridgehead atoms. The molecule has 0 radical (unpaired) electrons. The number of benzene rings is 7. The molecule has 0 saturated heterocycles. The first-order valence-corrected chi connectivity index (χ1v) is 17.9. The number of thiophene rings is 1. The third-order valence-electron chi connectivity index (χ3n) is 9.71. The molecule has 0 aliphatic carbocycles. The molecule has 7 aromatic carbocycles. The molecule has 0 unspecified atom stereocenters. The van der Waals surface area contributed by atoms with Crippen LogP contribution in [0, 0.1) is 11.3 Å². The molecule has 0 aliphatic rings. The zero-order valence-corrected chi connectivity index (χ0v) is 28.5. The van der Waals surface area contributed by atoms with Crippen molar-refractivity contribution in [3.63, 3.8) is 0 Å². The number of fused-ring (bicyclic) bond motifs is 7. The van der Waals surface area contributed by atoms with Crippen molar-refractivity contribution in [1.82, 2.24) is 19.5 Å². The lowest BCUT2D eigenvalue weighted by atomic mass is 9.96. The summed E-state index contributed by atoms with van der Waals surface area (Å²) in [5.74, 6) is 1.76. The van der Waals surface area contributed by atoms with Gasteiger partial charge in [-0.2, -0.15) is 5.26 Å². The minimum Gasteiger partial charge on any atom is -0.309 e. The van der Waals surface area contributed by atoms with Gasteiger partial charge in [0.1, 0.15) is 0 Å². The molecule has 6 heteroatoms. The van der Waals surface area contributed by atoms with Gasteiger partial charge in [-0.05, 0) is 48.5 Å². The summed E-state index contributed by atoms with van der Waals surface area (Å²) >= 11 is 1.83. The zero-order chi connectivity index (χ0) is 34.6. The van der Waals surface area contributed by atoms with Crippen molar-refractivity contribution < 1.29 is 0 Å². The van der Waals surface area contributed by atoms with Crippen LogP contribution in [-0.4, -0.2) is 19.5 Å². The van der Waals surface area contributed by atoms with Gasteiger partial charge in [-0.1, -0.05) is 115 Å². The molecular formula is C46H27N5S. The minimum atomic E-state index is 0.559. The molecule has 5 nitrogen and oxygen atoms in total. The number of rotatable bonds is 5. The van der Waals surface area contributed by atoms with Crippen molar-refractivity contribution in [3.05, 3.63) is 169 Å². The molecule has 10 aromatic rings. The van der Waals surface area contributed by atoms with Gasteiger partial charge < -0.3 is 4.57 Å². The van der Waals surface area contributed by atoms with Gasteiger partial charge in [0.15, 0.2) is 17.5 Å². The number of aromatic nitrogens is 4. The van der Waals surface area contributed by atoms with Crippen molar-refractivity contribution in [1.29, 1.82) is 5.26 Å². The van der Waals surface area contributed by atoms with Gasteiger partial charge in [-0.15, -0.1) is 11.3 Å². The van der Waals surface area contributed by atoms with E-state index < -0.39 is 0 Å². The van der Waals surface area contributed by atoms with Gasteiger partial charge in [-0.3, -0.25) is 0 Å². The first-order valence-electron chi connectivity index (χ1n) is 17.1. The van der Waals surface area contributed by atoms with E-state index in [0.717, 1.165) is 44.5 Å². The van der Waals surface area contributed by atoms with E-state index in [0.29, 0.717) is 23.0 Å². The Labute approximate surface area is 303 Å². The van der Waals surface area contributed by atoms with E-state index in [2.05, 4.69) is 89.5 Å². The second kappa shape index (κ2) is 12.1. The van der Waals surface area contributed by atoms with E-state index in [1.54, 1.807) is 0 Å². The Hall–Kier alpha value is -6.94. The maximum atomic E-state index is 10.4. The fourth-order valence-electron chi connectivity index (χ4n) is 7.37. The van der Waals surface area contributed by atoms with Crippen LogP contribution in [0.5, 0.6) is 0 Å².